The Morgan fingerprint density at radius 1 is 1.17 bits per heavy atom. The SMILES string of the molecule is CC(C)c1c(Cl)ncnc1N(C)CCCN(C)C. The van der Waals surface area contributed by atoms with E-state index < -0.39 is 0 Å². The maximum absolute atomic E-state index is 6.17. The third-order valence-corrected chi connectivity index (χ3v) is 3.15. The van der Waals surface area contributed by atoms with Crippen LogP contribution in [0.1, 0.15) is 31.7 Å². The smallest absolute Gasteiger partial charge is 0.138 e. The Morgan fingerprint density at radius 2 is 1.83 bits per heavy atom. The summed E-state index contributed by atoms with van der Waals surface area (Å²) in [6.07, 6.45) is 2.63. The van der Waals surface area contributed by atoms with Crippen LogP contribution in [0.25, 0.3) is 0 Å². The third kappa shape index (κ3) is 4.10. The molecule has 1 rings (SSSR count). The van der Waals surface area contributed by atoms with Crippen molar-refractivity contribution in [1.82, 2.24) is 14.9 Å². The Morgan fingerprint density at radius 3 is 2.39 bits per heavy atom. The summed E-state index contributed by atoms with van der Waals surface area (Å²) in [7, 11) is 6.22. The molecule has 0 unspecified atom stereocenters. The van der Waals surface area contributed by atoms with Crippen molar-refractivity contribution in [3.8, 4) is 0 Å². The third-order valence-electron chi connectivity index (χ3n) is 2.85. The van der Waals surface area contributed by atoms with Crippen LogP contribution in [0, 0.1) is 0 Å². The monoisotopic (exact) mass is 270 g/mol. The normalized spacial score (nSPS) is 11.3. The molecular formula is C13H23ClN4. The average molecular weight is 271 g/mol. The van der Waals surface area contributed by atoms with E-state index in [0.717, 1.165) is 30.9 Å². The molecule has 0 saturated carbocycles. The van der Waals surface area contributed by atoms with Gasteiger partial charge < -0.3 is 9.80 Å². The first kappa shape index (κ1) is 15.2. The van der Waals surface area contributed by atoms with Crippen LogP contribution in [0.5, 0.6) is 0 Å². The number of halogens is 1. The van der Waals surface area contributed by atoms with Crippen molar-refractivity contribution in [3.05, 3.63) is 17.0 Å². The summed E-state index contributed by atoms with van der Waals surface area (Å²) in [6, 6.07) is 0. The zero-order valence-corrected chi connectivity index (χ0v) is 12.7. The van der Waals surface area contributed by atoms with Crippen molar-refractivity contribution in [2.45, 2.75) is 26.2 Å². The van der Waals surface area contributed by atoms with Crippen LogP contribution in [0.4, 0.5) is 5.82 Å². The van der Waals surface area contributed by atoms with Gasteiger partial charge >= 0.3 is 0 Å². The summed E-state index contributed by atoms with van der Waals surface area (Å²) in [6.45, 7) is 6.26. The Balaban J connectivity index is 2.78. The highest BCUT2D eigenvalue weighted by Gasteiger charge is 2.16. The zero-order chi connectivity index (χ0) is 13.7. The molecule has 18 heavy (non-hydrogen) atoms. The van der Waals surface area contributed by atoms with Crippen LogP contribution in [-0.2, 0) is 0 Å². The van der Waals surface area contributed by atoms with E-state index in [1.165, 1.54) is 6.33 Å². The van der Waals surface area contributed by atoms with E-state index in [4.69, 9.17) is 11.6 Å². The van der Waals surface area contributed by atoms with Gasteiger partial charge in [0.1, 0.15) is 17.3 Å². The Hall–Kier alpha value is -0.870. The fraction of sp³-hybridized carbons (Fsp3) is 0.692. The van der Waals surface area contributed by atoms with Crippen molar-refractivity contribution >= 4 is 17.4 Å². The lowest BCUT2D eigenvalue weighted by Crippen LogP contribution is -2.25. The van der Waals surface area contributed by atoms with Crippen LogP contribution in [0.15, 0.2) is 6.33 Å². The molecule has 0 fully saturated rings. The molecule has 0 spiro atoms. The Bertz CT molecular complexity index is 379. The lowest BCUT2D eigenvalue weighted by molar-refractivity contribution is 0.401. The lowest BCUT2D eigenvalue weighted by atomic mass is 10.1. The lowest BCUT2D eigenvalue weighted by Gasteiger charge is -2.23. The summed E-state index contributed by atoms with van der Waals surface area (Å²) in [5.41, 5.74) is 1.03. The van der Waals surface area contributed by atoms with E-state index in [1.54, 1.807) is 0 Å². The fourth-order valence-electron chi connectivity index (χ4n) is 1.90. The molecule has 5 heteroatoms. The minimum Gasteiger partial charge on any atom is -0.359 e. The van der Waals surface area contributed by atoms with E-state index >= 15 is 0 Å². The minimum atomic E-state index is 0.324. The highest BCUT2D eigenvalue weighted by Crippen LogP contribution is 2.29. The summed E-state index contributed by atoms with van der Waals surface area (Å²) >= 11 is 6.17. The van der Waals surface area contributed by atoms with Crippen LogP contribution >= 0.6 is 11.6 Å². The second kappa shape index (κ2) is 6.90. The van der Waals surface area contributed by atoms with Crippen molar-refractivity contribution < 1.29 is 0 Å². The van der Waals surface area contributed by atoms with Gasteiger partial charge in [0.15, 0.2) is 0 Å². The maximum Gasteiger partial charge on any atom is 0.138 e. The number of hydrogen-bond acceptors (Lipinski definition) is 4. The van der Waals surface area contributed by atoms with Gasteiger partial charge in [0.05, 0.1) is 0 Å². The van der Waals surface area contributed by atoms with Crippen molar-refractivity contribution in [3.63, 3.8) is 0 Å². The second-order valence-corrected chi connectivity index (χ2v) is 5.49. The van der Waals surface area contributed by atoms with Crippen molar-refractivity contribution in [2.24, 2.45) is 0 Å². The molecule has 0 atom stereocenters. The first-order valence-corrected chi connectivity index (χ1v) is 6.67. The highest BCUT2D eigenvalue weighted by atomic mass is 35.5. The second-order valence-electron chi connectivity index (χ2n) is 5.13. The van der Waals surface area contributed by atoms with Crippen LogP contribution in [0.3, 0.4) is 0 Å². The van der Waals surface area contributed by atoms with E-state index in [2.05, 4.69) is 54.8 Å². The first-order chi connectivity index (χ1) is 8.43. The number of anilines is 1. The molecule has 0 N–H and O–H groups in total. The molecule has 0 aliphatic rings. The Kier molecular flexibility index (Phi) is 5.82. The molecule has 0 amide bonds. The largest absolute Gasteiger partial charge is 0.359 e. The molecule has 0 radical (unpaired) electrons. The highest BCUT2D eigenvalue weighted by molar-refractivity contribution is 6.30. The number of hydrogen-bond donors (Lipinski definition) is 0. The molecule has 0 aromatic carbocycles. The molecule has 1 aromatic rings. The predicted molar refractivity (Wildman–Crippen MR) is 77.6 cm³/mol. The van der Waals surface area contributed by atoms with Crippen molar-refractivity contribution in [1.29, 1.82) is 0 Å². The Labute approximate surface area is 115 Å². The summed E-state index contributed by atoms with van der Waals surface area (Å²) in [4.78, 5) is 12.8. The van der Waals surface area contributed by atoms with E-state index in [-0.39, 0.29) is 0 Å². The van der Waals surface area contributed by atoms with Crippen LogP contribution in [0.2, 0.25) is 5.15 Å². The minimum absolute atomic E-state index is 0.324. The van der Waals surface area contributed by atoms with Gasteiger partial charge in [0, 0.05) is 19.2 Å². The number of rotatable bonds is 6. The molecule has 4 nitrogen and oxygen atoms in total. The molecule has 0 bridgehead atoms. The molecule has 0 aliphatic carbocycles. The summed E-state index contributed by atoms with van der Waals surface area (Å²) < 4.78 is 0. The average Bonchev–Trinajstić information content (AvgIpc) is 2.27. The standard InChI is InChI=1S/C13H23ClN4/c1-10(2)11-12(14)15-9-16-13(11)18(5)8-6-7-17(3)4/h9-10H,6-8H2,1-5H3. The van der Waals surface area contributed by atoms with Gasteiger partial charge in [-0.3, -0.25) is 0 Å². The molecule has 1 aromatic heterocycles. The van der Waals surface area contributed by atoms with Gasteiger partial charge in [0.2, 0.25) is 0 Å². The van der Waals surface area contributed by atoms with Crippen LogP contribution in [-0.4, -0.2) is 49.1 Å². The fourth-order valence-corrected chi connectivity index (χ4v) is 2.24. The zero-order valence-electron chi connectivity index (χ0n) is 11.9. The molecule has 0 aliphatic heterocycles. The van der Waals surface area contributed by atoms with E-state index in [0.29, 0.717) is 11.1 Å². The molecule has 102 valence electrons. The quantitative estimate of drug-likeness (QED) is 0.744. The van der Waals surface area contributed by atoms with Gasteiger partial charge in [-0.15, -0.1) is 0 Å². The van der Waals surface area contributed by atoms with Gasteiger partial charge in [-0.05, 0) is 33.0 Å². The van der Waals surface area contributed by atoms with Gasteiger partial charge in [-0.25, -0.2) is 9.97 Å². The van der Waals surface area contributed by atoms with Crippen LogP contribution < -0.4 is 4.90 Å². The summed E-state index contributed by atoms with van der Waals surface area (Å²) in [5.74, 6) is 1.27. The predicted octanol–water partition coefficient (Wildman–Crippen LogP) is 2.64. The van der Waals surface area contributed by atoms with E-state index in [9.17, 15) is 0 Å². The molecular weight excluding hydrogens is 248 g/mol. The van der Waals surface area contributed by atoms with E-state index in [1.807, 2.05) is 0 Å². The first-order valence-electron chi connectivity index (χ1n) is 6.29. The molecule has 1 heterocycles. The molecule has 0 saturated heterocycles. The van der Waals surface area contributed by atoms with Crippen molar-refractivity contribution in [2.75, 3.05) is 39.1 Å². The topological polar surface area (TPSA) is 32.3 Å². The van der Waals surface area contributed by atoms with Gasteiger partial charge in [0.25, 0.3) is 0 Å². The summed E-state index contributed by atoms with van der Waals surface area (Å²) in [5, 5.41) is 0.564. The number of nitrogens with zero attached hydrogens (tertiary/aromatic N) is 4. The van der Waals surface area contributed by atoms with Gasteiger partial charge in [-0.1, -0.05) is 25.4 Å². The van der Waals surface area contributed by atoms with Gasteiger partial charge in [-0.2, -0.15) is 0 Å². The number of aromatic nitrogens is 2. The maximum atomic E-state index is 6.17.